The predicted octanol–water partition coefficient (Wildman–Crippen LogP) is 5.37. The van der Waals surface area contributed by atoms with E-state index < -0.39 is 6.97 Å². The number of benzene rings is 1. The second-order valence-corrected chi connectivity index (χ2v) is 8.20. The van der Waals surface area contributed by atoms with Gasteiger partial charge in [0.15, 0.2) is 5.70 Å². The Bertz CT molecular complexity index is 995. The molecule has 0 amide bonds. The number of nitrogens with zero attached hydrogens (tertiary/aromatic N) is 2. The zero-order valence-electron chi connectivity index (χ0n) is 11.8. The van der Waals surface area contributed by atoms with Crippen molar-refractivity contribution in [3.05, 3.63) is 73.4 Å². The number of hydrogen-bond acceptors (Lipinski definition) is 0. The summed E-state index contributed by atoms with van der Waals surface area (Å²) in [6.07, 6.45) is 3.20. The van der Waals surface area contributed by atoms with Crippen LogP contribution in [0.1, 0.15) is 11.3 Å². The van der Waals surface area contributed by atoms with E-state index in [0.29, 0.717) is 26.1 Å². The summed E-state index contributed by atoms with van der Waals surface area (Å²) in [5, 5.41) is 0. The third kappa shape index (κ3) is 2.23. The summed E-state index contributed by atoms with van der Waals surface area (Å²) < 4.78 is 47.1. The van der Waals surface area contributed by atoms with Crippen molar-refractivity contribution in [2.45, 2.75) is 0 Å². The van der Waals surface area contributed by atoms with Gasteiger partial charge in [0, 0.05) is 37.3 Å². The number of aromatic nitrogens is 1. The summed E-state index contributed by atoms with van der Waals surface area (Å²) in [4.78, 5) is 0. The van der Waals surface area contributed by atoms with Gasteiger partial charge >= 0.3 is 6.97 Å². The molecule has 0 saturated heterocycles. The minimum Gasteiger partial charge on any atom is -0.389 e. The summed E-state index contributed by atoms with van der Waals surface area (Å²) in [6, 6.07) is 7.96. The molecule has 0 unspecified atom stereocenters. The van der Waals surface area contributed by atoms with Crippen molar-refractivity contribution < 1.29 is 17.5 Å². The molecule has 24 heavy (non-hydrogen) atoms. The van der Waals surface area contributed by atoms with Gasteiger partial charge in [0.05, 0.1) is 10.2 Å². The summed E-state index contributed by atoms with van der Waals surface area (Å²) in [5.74, 6) is -0.377. The van der Waals surface area contributed by atoms with E-state index in [1.165, 1.54) is 6.07 Å². The Hall–Kier alpha value is -0.805. The molecular weight excluding hydrogens is 563 g/mol. The first-order valence-electron chi connectivity index (χ1n) is 6.91. The number of allylic oxidation sites excluding steroid dienone is 2. The minimum atomic E-state index is -4.06. The third-order valence-corrected chi connectivity index (χ3v) is 6.25. The third-order valence-electron chi connectivity index (χ3n) is 4.08. The highest BCUT2D eigenvalue weighted by Gasteiger charge is 2.54. The van der Waals surface area contributed by atoms with Crippen LogP contribution >= 0.6 is 54.5 Å². The highest BCUT2D eigenvalue weighted by Crippen LogP contribution is 2.42. The molecule has 0 N–H and O–H groups in total. The van der Waals surface area contributed by atoms with Crippen molar-refractivity contribution in [3.63, 3.8) is 0 Å². The molecule has 0 bridgehead atoms. The van der Waals surface area contributed by atoms with Crippen LogP contribution in [0.25, 0.3) is 5.57 Å². The zero-order valence-corrected chi connectivity index (χ0v) is 17.1. The highest BCUT2D eigenvalue weighted by atomic mass is 127. The molecule has 1 aromatic heterocycles. The van der Waals surface area contributed by atoms with E-state index in [1.54, 1.807) is 36.4 Å². The van der Waals surface area contributed by atoms with Crippen LogP contribution in [0, 0.1) is 9.39 Å². The number of halogens is 6. The first-order chi connectivity index (χ1) is 11.3. The smallest absolute Gasteiger partial charge is 0.389 e. The average molecular weight is 570 g/mol. The largest absolute Gasteiger partial charge is 0.738 e. The van der Waals surface area contributed by atoms with Crippen molar-refractivity contribution in [2.24, 2.45) is 0 Å². The molecule has 0 radical (unpaired) electrons. The summed E-state index contributed by atoms with van der Waals surface area (Å²) in [6.45, 7) is -4.06. The molecular formula is C15H7BBr2F3IN2. The molecule has 2 nitrogen and oxygen atoms in total. The summed E-state index contributed by atoms with van der Waals surface area (Å²) in [5.41, 5.74) is 1.82. The Balaban J connectivity index is 2.10. The monoisotopic (exact) mass is 568 g/mol. The zero-order chi connectivity index (χ0) is 17.2. The van der Waals surface area contributed by atoms with Crippen molar-refractivity contribution in [1.29, 1.82) is 0 Å². The van der Waals surface area contributed by atoms with E-state index in [2.05, 4.69) is 31.9 Å². The lowest BCUT2D eigenvalue weighted by molar-refractivity contribution is -0.358. The fourth-order valence-electron chi connectivity index (χ4n) is 3.08. The SMILES string of the molecule is Fc1cc(C2=C3C=CC(Br)=[N+]3[B-](F)(F)n3c(Br)ccc32)ccc1I. The van der Waals surface area contributed by atoms with Gasteiger partial charge < -0.3 is 17.6 Å². The number of fused-ring (bicyclic) bond motifs is 2. The van der Waals surface area contributed by atoms with E-state index in [-0.39, 0.29) is 15.0 Å². The molecule has 0 aliphatic carbocycles. The first-order valence-corrected chi connectivity index (χ1v) is 9.58. The van der Waals surface area contributed by atoms with Crippen LogP contribution in [0.5, 0.6) is 0 Å². The summed E-state index contributed by atoms with van der Waals surface area (Å²) >= 11 is 8.30. The van der Waals surface area contributed by atoms with Gasteiger partial charge in [0.1, 0.15) is 5.82 Å². The van der Waals surface area contributed by atoms with Crippen LogP contribution in [-0.4, -0.2) is 20.6 Å². The molecule has 9 heteroatoms. The number of rotatable bonds is 1. The molecule has 2 aliphatic rings. The maximum Gasteiger partial charge on any atom is 0.738 e. The van der Waals surface area contributed by atoms with Crippen LogP contribution < -0.4 is 0 Å². The Morgan fingerprint density at radius 2 is 1.83 bits per heavy atom. The maximum absolute atomic E-state index is 15.1. The average Bonchev–Trinajstić information content (AvgIpc) is 3.08. The van der Waals surface area contributed by atoms with E-state index in [0.717, 1.165) is 8.96 Å². The Morgan fingerprint density at radius 3 is 2.54 bits per heavy atom. The normalized spacial score (nSPS) is 18.2. The van der Waals surface area contributed by atoms with Crippen LogP contribution in [0.15, 0.2) is 52.8 Å². The fraction of sp³-hybridized carbons (Fsp3) is 0. The molecule has 0 spiro atoms. The lowest BCUT2D eigenvalue weighted by Gasteiger charge is -2.32. The molecule has 2 aromatic rings. The van der Waals surface area contributed by atoms with Crippen LogP contribution in [0.2, 0.25) is 0 Å². The van der Waals surface area contributed by atoms with Crippen LogP contribution in [0.3, 0.4) is 0 Å². The number of hydrogen-bond donors (Lipinski definition) is 0. The molecule has 2 aliphatic heterocycles. The molecule has 0 saturated carbocycles. The van der Waals surface area contributed by atoms with Crippen molar-refractivity contribution in [3.8, 4) is 0 Å². The van der Waals surface area contributed by atoms with Crippen molar-refractivity contribution >= 4 is 71.6 Å². The molecule has 0 fully saturated rings. The summed E-state index contributed by atoms with van der Waals surface area (Å²) in [7, 11) is 0. The van der Waals surface area contributed by atoms with Crippen molar-refractivity contribution in [2.75, 3.05) is 0 Å². The van der Waals surface area contributed by atoms with Crippen LogP contribution in [-0.2, 0) is 0 Å². The van der Waals surface area contributed by atoms with Gasteiger partial charge in [-0.15, -0.1) is 0 Å². The highest BCUT2D eigenvalue weighted by molar-refractivity contribution is 14.1. The van der Waals surface area contributed by atoms with Crippen LogP contribution in [0.4, 0.5) is 13.0 Å². The van der Waals surface area contributed by atoms with E-state index in [4.69, 9.17) is 0 Å². The first kappa shape index (κ1) is 16.7. The topological polar surface area (TPSA) is 7.94 Å². The van der Waals surface area contributed by atoms with Gasteiger partial charge in [0.2, 0.25) is 4.62 Å². The van der Waals surface area contributed by atoms with E-state index in [1.807, 2.05) is 22.6 Å². The molecule has 0 atom stereocenters. The Labute approximate surface area is 166 Å². The Morgan fingerprint density at radius 1 is 1.08 bits per heavy atom. The Kier molecular flexibility index (Phi) is 3.89. The lowest BCUT2D eigenvalue weighted by Crippen LogP contribution is -2.50. The van der Waals surface area contributed by atoms with Gasteiger partial charge in [-0.1, -0.05) is 6.07 Å². The second-order valence-electron chi connectivity index (χ2n) is 5.41. The predicted molar refractivity (Wildman–Crippen MR) is 104 cm³/mol. The molecule has 4 rings (SSSR count). The standard InChI is InChI=1S/C15H7BBr2F3IN2/c17-13-5-3-11-15(8-1-2-10(22)9(19)7-8)12-4-6-14(18)24(12)16(20,21)23(11)13/h1-7H. The minimum absolute atomic E-state index is 0.275. The van der Waals surface area contributed by atoms with Crippen molar-refractivity contribution in [1.82, 2.24) is 4.48 Å². The fourth-order valence-corrected chi connectivity index (χ4v) is 4.55. The maximum atomic E-state index is 15.1. The second kappa shape index (κ2) is 5.60. The van der Waals surface area contributed by atoms with Gasteiger partial charge in [-0.2, -0.15) is 0 Å². The lowest BCUT2D eigenvalue weighted by atomic mass is 9.86. The van der Waals surface area contributed by atoms with E-state index >= 15 is 8.63 Å². The van der Waals surface area contributed by atoms with Gasteiger partial charge in [0.25, 0.3) is 0 Å². The van der Waals surface area contributed by atoms with Gasteiger partial charge in [-0.25, -0.2) is 4.39 Å². The van der Waals surface area contributed by atoms with Gasteiger partial charge in [-0.05, 0) is 68.3 Å². The van der Waals surface area contributed by atoms with E-state index in [9.17, 15) is 4.39 Å². The molecule has 122 valence electrons. The quantitative estimate of drug-likeness (QED) is 0.323. The molecule has 1 aromatic carbocycles. The molecule has 3 heterocycles. The van der Waals surface area contributed by atoms with Gasteiger partial charge in [-0.3, -0.25) is 0 Å².